The Balaban J connectivity index is 3.50. The highest BCUT2D eigenvalue weighted by Crippen LogP contribution is 2.29. The Bertz CT molecular complexity index is 105. The summed E-state index contributed by atoms with van der Waals surface area (Å²) >= 11 is 0. The molecule has 0 unspecified atom stereocenters. The first-order valence-electron chi connectivity index (χ1n) is 1.92. The van der Waals surface area contributed by atoms with Crippen LogP contribution in [-0.4, -0.2) is 6.16 Å². The lowest BCUT2D eigenvalue weighted by molar-refractivity contribution is 1.48. The van der Waals surface area contributed by atoms with Crippen molar-refractivity contribution < 1.29 is 0 Å². The second-order valence-corrected chi connectivity index (χ2v) is 2.83. The van der Waals surface area contributed by atoms with Gasteiger partial charge in [0.2, 0.25) is 0 Å². The molecule has 0 radical (unpaired) electrons. The average molecular weight is 112 g/mol. The zero-order valence-corrected chi connectivity index (χ0v) is 4.94. The summed E-state index contributed by atoms with van der Waals surface area (Å²) in [6.45, 7) is 1.85. The van der Waals surface area contributed by atoms with Crippen LogP contribution >= 0.6 is 7.92 Å². The van der Waals surface area contributed by atoms with Crippen LogP contribution in [0.4, 0.5) is 0 Å². The van der Waals surface area contributed by atoms with Gasteiger partial charge in [0, 0.05) is 0 Å². The quantitative estimate of drug-likeness (QED) is 0.482. The molecule has 0 aliphatic carbocycles. The molecular formula is C4H5N2P. The third-order valence-corrected chi connectivity index (χ3v) is 1.67. The summed E-state index contributed by atoms with van der Waals surface area (Å²) in [5.74, 6) is 3.81. The van der Waals surface area contributed by atoms with Gasteiger partial charge in [0.05, 0.1) is 0 Å². The number of hydrogen-bond donors (Lipinski definition) is 0. The highest BCUT2D eigenvalue weighted by atomic mass is 31.1. The van der Waals surface area contributed by atoms with Crippen molar-refractivity contribution in [3.8, 4) is 11.6 Å². The summed E-state index contributed by atoms with van der Waals surface area (Å²) in [4.78, 5) is 0. The van der Waals surface area contributed by atoms with E-state index in [4.69, 9.17) is 10.5 Å². The molecule has 0 N–H and O–H groups in total. The maximum absolute atomic E-state index is 8.08. The minimum absolute atomic E-state index is 0.697. The molecule has 0 spiro atoms. The minimum Gasteiger partial charge on any atom is -0.192 e. The molecule has 0 heterocycles. The predicted octanol–water partition coefficient (Wildman–Crippen LogP) is 1.45. The molecule has 36 valence electrons. The fourth-order valence-electron chi connectivity index (χ4n) is 0.164. The van der Waals surface area contributed by atoms with Crippen LogP contribution in [-0.2, 0) is 0 Å². The van der Waals surface area contributed by atoms with E-state index >= 15 is 0 Å². The molecule has 0 rings (SSSR count). The van der Waals surface area contributed by atoms with E-state index < -0.39 is 7.92 Å². The van der Waals surface area contributed by atoms with E-state index in [0.717, 1.165) is 0 Å². The van der Waals surface area contributed by atoms with Crippen molar-refractivity contribution in [2.45, 2.75) is 6.92 Å². The van der Waals surface area contributed by atoms with Gasteiger partial charge in [-0.15, -0.1) is 0 Å². The summed E-state index contributed by atoms with van der Waals surface area (Å²) in [6, 6.07) is 0. The van der Waals surface area contributed by atoms with E-state index in [9.17, 15) is 0 Å². The van der Waals surface area contributed by atoms with Gasteiger partial charge in [0.25, 0.3) is 0 Å². The topological polar surface area (TPSA) is 47.6 Å². The zero-order valence-electron chi connectivity index (χ0n) is 4.05. The van der Waals surface area contributed by atoms with E-state index in [0.29, 0.717) is 6.16 Å². The van der Waals surface area contributed by atoms with Crippen molar-refractivity contribution in [2.24, 2.45) is 0 Å². The lowest BCUT2D eigenvalue weighted by Gasteiger charge is -1.83. The molecule has 0 amide bonds. The van der Waals surface area contributed by atoms with Crippen molar-refractivity contribution in [1.29, 1.82) is 10.5 Å². The van der Waals surface area contributed by atoms with E-state index in [1.54, 1.807) is 0 Å². The Kier molecular flexibility index (Phi) is 3.29. The highest BCUT2D eigenvalue weighted by Gasteiger charge is 1.96. The summed E-state index contributed by atoms with van der Waals surface area (Å²) in [5, 5.41) is 16.2. The predicted molar refractivity (Wildman–Crippen MR) is 28.7 cm³/mol. The first-order chi connectivity index (χ1) is 3.35. The van der Waals surface area contributed by atoms with Gasteiger partial charge in [-0.2, -0.15) is 10.5 Å². The maximum Gasteiger partial charge on any atom is 0.110 e. The first kappa shape index (κ1) is 6.41. The molecule has 3 heteroatoms. The lowest BCUT2D eigenvalue weighted by Crippen LogP contribution is -1.65. The van der Waals surface area contributed by atoms with Crippen molar-refractivity contribution in [1.82, 2.24) is 0 Å². The van der Waals surface area contributed by atoms with E-state index in [-0.39, 0.29) is 0 Å². The fourth-order valence-corrected chi connectivity index (χ4v) is 0.491. The highest BCUT2D eigenvalue weighted by molar-refractivity contribution is 7.67. The summed E-state index contributed by atoms with van der Waals surface area (Å²) in [5.41, 5.74) is 0. The molecule has 0 aromatic carbocycles. The average Bonchev–Trinajstić information content (AvgIpc) is 1.72. The molecule has 7 heavy (non-hydrogen) atoms. The molecule has 0 aromatic rings. The standard InChI is InChI=1S/C4H5N2P/c1-2-7(3-5)4-6/h2H2,1H3. The van der Waals surface area contributed by atoms with Crippen molar-refractivity contribution >= 4 is 7.92 Å². The van der Waals surface area contributed by atoms with Gasteiger partial charge in [0.1, 0.15) is 19.5 Å². The van der Waals surface area contributed by atoms with Crippen LogP contribution in [0.1, 0.15) is 6.92 Å². The SMILES string of the molecule is CCP(C#N)C#N. The molecule has 0 aromatic heterocycles. The van der Waals surface area contributed by atoms with Crippen LogP contribution < -0.4 is 0 Å². The smallest absolute Gasteiger partial charge is 0.110 e. The van der Waals surface area contributed by atoms with Gasteiger partial charge in [-0.05, 0) is 6.16 Å². The van der Waals surface area contributed by atoms with Gasteiger partial charge in [-0.1, -0.05) is 6.92 Å². The number of nitriles is 2. The largest absolute Gasteiger partial charge is 0.192 e. The van der Waals surface area contributed by atoms with E-state index in [1.807, 2.05) is 18.5 Å². The Morgan fingerprint density at radius 1 is 1.43 bits per heavy atom. The zero-order chi connectivity index (χ0) is 5.70. The van der Waals surface area contributed by atoms with E-state index in [2.05, 4.69) is 0 Å². The monoisotopic (exact) mass is 112 g/mol. The first-order valence-corrected chi connectivity index (χ1v) is 3.44. The van der Waals surface area contributed by atoms with Crippen LogP contribution in [0.5, 0.6) is 0 Å². The molecular weight excluding hydrogens is 107 g/mol. The van der Waals surface area contributed by atoms with Crippen LogP contribution in [0.2, 0.25) is 0 Å². The van der Waals surface area contributed by atoms with E-state index in [1.165, 1.54) is 0 Å². The molecule has 2 nitrogen and oxygen atoms in total. The normalized spacial score (nSPS) is 7.43. The molecule has 0 bridgehead atoms. The Labute approximate surface area is 44.1 Å². The lowest BCUT2D eigenvalue weighted by atomic mass is 11.0. The van der Waals surface area contributed by atoms with Gasteiger partial charge >= 0.3 is 0 Å². The van der Waals surface area contributed by atoms with Crippen molar-refractivity contribution in [3.05, 3.63) is 0 Å². The Morgan fingerprint density at radius 2 is 1.86 bits per heavy atom. The summed E-state index contributed by atoms with van der Waals surface area (Å²) in [6.07, 6.45) is 0.697. The molecule has 0 saturated heterocycles. The molecule has 0 aliphatic heterocycles. The third kappa shape index (κ3) is 2.15. The number of hydrogen-bond acceptors (Lipinski definition) is 2. The second-order valence-electron chi connectivity index (χ2n) is 0.944. The number of nitrogens with zero attached hydrogens (tertiary/aromatic N) is 2. The Hall–Kier alpha value is -0.590. The molecule has 0 atom stereocenters. The van der Waals surface area contributed by atoms with Gasteiger partial charge in [-0.25, -0.2) is 0 Å². The second kappa shape index (κ2) is 3.59. The minimum atomic E-state index is -0.943. The number of rotatable bonds is 1. The van der Waals surface area contributed by atoms with Crippen LogP contribution in [0.15, 0.2) is 0 Å². The molecule has 0 saturated carbocycles. The third-order valence-electron chi connectivity index (χ3n) is 0.558. The van der Waals surface area contributed by atoms with Gasteiger partial charge in [0.15, 0.2) is 0 Å². The summed E-state index contributed by atoms with van der Waals surface area (Å²) < 4.78 is 0. The van der Waals surface area contributed by atoms with Crippen LogP contribution in [0, 0.1) is 22.1 Å². The fraction of sp³-hybridized carbons (Fsp3) is 0.500. The van der Waals surface area contributed by atoms with Crippen molar-refractivity contribution in [2.75, 3.05) is 6.16 Å². The maximum atomic E-state index is 8.08. The van der Waals surface area contributed by atoms with Gasteiger partial charge < -0.3 is 0 Å². The van der Waals surface area contributed by atoms with Gasteiger partial charge in [-0.3, -0.25) is 0 Å². The van der Waals surface area contributed by atoms with Crippen LogP contribution in [0.3, 0.4) is 0 Å². The molecule has 0 fully saturated rings. The van der Waals surface area contributed by atoms with Crippen LogP contribution in [0.25, 0.3) is 0 Å². The summed E-state index contributed by atoms with van der Waals surface area (Å²) in [7, 11) is -0.943. The van der Waals surface area contributed by atoms with Crippen molar-refractivity contribution in [3.63, 3.8) is 0 Å². The Morgan fingerprint density at radius 3 is 1.86 bits per heavy atom. The molecule has 0 aliphatic rings.